The lowest BCUT2D eigenvalue weighted by atomic mass is 10.3. The topological polar surface area (TPSA) is 45.9 Å². The molecule has 0 saturated heterocycles. The number of rotatable bonds is 2. The summed E-state index contributed by atoms with van der Waals surface area (Å²) in [6.07, 6.45) is 1.50. The maximum absolute atomic E-state index is 8.66. The number of hydrogen-bond donors (Lipinski definition) is 0. The van der Waals surface area contributed by atoms with Crippen LogP contribution < -0.4 is 4.74 Å². The molecule has 0 fully saturated rings. The van der Waals surface area contributed by atoms with Gasteiger partial charge in [0.1, 0.15) is 11.1 Å². The van der Waals surface area contributed by atoms with E-state index in [1.807, 2.05) is 19.9 Å². The summed E-state index contributed by atoms with van der Waals surface area (Å²) in [7, 11) is 0. The Balaban J connectivity index is 3.03. The molecule has 0 atom stereocenters. The van der Waals surface area contributed by atoms with Crippen molar-refractivity contribution < 1.29 is 4.74 Å². The second kappa shape index (κ2) is 4.11. The third-order valence-corrected chi connectivity index (χ3v) is 1.69. The molecule has 4 heteroatoms. The molecule has 0 aromatic carbocycles. The van der Waals surface area contributed by atoms with E-state index in [1.165, 1.54) is 6.20 Å². The van der Waals surface area contributed by atoms with Crippen LogP contribution in [0.4, 0.5) is 0 Å². The lowest BCUT2D eigenvalue weighted by molar-refractivity contribution is 0.233. The average molecular weight is 197 g/mol. The van der Waals surface area contributed by atoms with E-state index in [2.05, 4.69) is 4.98 Å². The van der Waals surface area contributed by atoms with Crippen LogP contribution in [0, 0.1) is 11.3 Å². The van der Waals surface area contributed by atoms with Crippen LogP contribution in [-0.2, 0) is 0 Å². The fourth-order valence-corrected chi connectivity index (χ4v) is 1.01. The SMILES string of the molecule is CC(C)Oc1nccc(C#N)c1Cl. The van der Waals surface area contributed by atoms with Gasteiger partial charge in [-0.3, -0.25) is 0 Å². The molecule has 3 nitrogen and oxygen atoms in total. The van der Waals surface area contributed by atoms with Gasteiger partial charge < -0.3 is 4.74 Å². The van der Waals surface area contributed by atoms with Gasteiger partial charge in [-0.1, -0.05) is 11.6 Å². The third-order valence-electron chi connectivity index (χ3n) is 1.33. The summed E-state index contributed by atoms with van der Waals surface area (Å²) in [4.78, 5) is 3.92. The van der Waals surface area contributed by atoms with Gasteiger partial charge in [-0.25, -0.2) is 4.98 Å². The van der Waals surface area contributed by atoms with Crippen molar-refractivity contribution in [3.05, 3.63) is 22.8 Å². The molecule has 0 N–H and O–H groups in total. The molecular weight excluding hydrogens is 188 g/mol. The van der Waals surface area contributed by atoms with Crippen molar-refractivity contribution in [3.8, 4) is 11.9 Å². The van der Waals surface area contributed by atoms with E-state index in [9.17, 15) is 0 Å². The molecule has 1 aromatic rings. The first-order chi connectivity index (χ1) is 6.15. The maximum Gasteiger partial charge on any atom is 0.234 e. The second-order valence-corrected chi connectivity index (χ2v) is 3.13. The minimum Gasteiger partial charge on any atom is -0.474 e. The summed E-state index contributed by atoms with van der Waals surface area (Å²) in [5.74, 6) is 0.315. The first-order valence-electron chi connectivity index (χ1n) is 3.86. The van der Waals surface area contributed by atoms with Crippen LogP contribution in [-0.4, -0.2) is 11.1 Å². The normalized spacial score (nSPS) is 9.77. The van der Waals surface area contributed by atoms with E-state index in [4.69, 9.17) is 21.6 Å². The Morgan fingerprint density at radius 3 is 2.85 bits per heavy atom. The molecule has 1 aromatic heterocycles. The molecule has 1 heterocycles. The molecule has 0 radical (unpaired) electrons. The Morgan fingerprint density at radius 1 is 1.62 bits per heavy atom. The number of nitrogens with zero attached hydrogens (tertiary/aromatic N) is 2. The number of ether oxygens (including phenoxy) is 1. The van der Waals surface area contributed by atoms with E-state index < -0.39 is 0 Å². The minimum absolute atomic E-state index is 0.000979. The smallest absolute Gasteiger partial charge is 0.234 e. The summed E-state index contributed by atoms with van der Waals surface area (Å²) < 4.78 is 5.29. The number of pyridine rings is 1. The zero-order valence-corrected chi connectivity index (χ0v) is 8.17. The zero-order chi connectivity index (χ0) is 9.84. The molecular formula is C9H9ClN2O. The van der Waals surface area contributed by atoms with Gasteiger partial charge in [-0.15, -0.1) is 0 Å². The zero-order valence-electron chi connectivity index (χ0n) is 7.41. The lowest BCUT2D eigenvalue weighted by Gasteiger charge is -2.09. The van der Waals surface area contributed by atoms with Crippen molar-refractivity contribution in [2.45, 2.75) is 20.0 Å². The van der Waals surface area contributed by atoms with Crippen molar-refractivity contribution in [2.75, 3.05) is 0 Å². The number of halogens is 1. The highest BCUT2D eigenvalue weighted by molar-refractivity contribution is 6.32. The summed E-state index contributed by atoms with van der Waals surface area (Å²) in [6, 6.07) is 3.51. The molecule has 13 heavy (non-hydrogen) atoms. The second-order valence-electron chi connectivity index (χ2n) is 2.76. The van der Waals surface area contributed by atoms with Gasteiger partial charge in [-0.05, 0) is 19.9 Å². The van der Waals surface area contributed by atoms with Crippen LogP contribution in [0.5, 0.6) is 5.88 Å². The summed E-state index contributed by atoms with van der Waals surface area (Å²) in [5.41, 5.74) is 0.382. The van der Waals surface area contributed by atoms with Crippen molar-refractivity contribution in [1.29, 1.82) is 5.26 Å². The van der Waals surface area contributed by atoms with Crippen molar-refractivity contribution in [3.63, 3.8) is 0 Å². The Labute approximate surface area is 81.9 Å². The highest BCUT2D eigenvalue weighted by Crippen LogP contribution is 2.25. The van der Waals surface area contributed by atoms with Gasteiger partial charge in [0.05, 0.1) is 11.7 Å². The van der Waals surface area contributed by atoms with Crippen LogP contribution >= 0.6 is 11.6 Å². The fourth-order valence-electron chi connectivity index (χ4n) is 0.816. The molecule has 0 unspecified atom stereocenters. The lowest BCUT2D eigenvalue weighted by Crippen LogP contribution is -2.07. The Morgan fingerprint density at radius 2 is 2.31 bits per heavy atom. The van der Waals surface area contributed by atoms with E-state index >= 15 is 0 Å². The third kappa shape index (κ3) is 2.33. The van der Waals surface area contributed by atoms with Gasteiger partial charge >= 0.3 is 0 Å². The van der Waals surface area contributed by atoms with E-state index in [0.29, 0.717) is 11.4 Å². The van der Waals surface area contributed by atoms with Crippen LogP contribution in [0.25, 0.3) is 0 Å². The predicted octanol–water partition coefficient (Wildman–Crippen LogP) is 2.39. The summed E-state index contributed by atoms with van der Waals surface area (Å²) in [6.45, 7) is 3.74. The molecule has 0 aliphatic rings. The van der Waals surface area contributed by atoms with Crippen LogP contribution in [0.15, 0.2) is 12.3 Å². The van der Waals surface area contributed by atoms with Gasteiger partial charge in [0, 0.05) is 6.20 Å². The van der Waals surface area contributed by atoms with Crippen molar-refractivity contribution in [1.82, 2.24) is 4.98 Å². The Hall–Kier alpha value is -1.27. The fraction of sp³-hybridized carbons (Fsp3) is 0.333. The van der Waals surface area contributed by atoms with Crippen LogP contribution in [0.1, 0.15) is 19.4 Å². The summed E-state index contributed by atoms with van der Waals surface area (Å²) >= 11 is 5.84. The monoisotopic (exact) mass is 196 g/mol. The van der Waals surface area contributed by atoms with Crippen LogP contribution in [0.3, 0.4) is 0 Å². The van der Waals surface area contributed by atoms with E-state index in [-0.39, 0.29) is 11.1 Å². The first kappa shape index (κ1) is 9.82. The molecule has 0 aliphatic heterocycles. The first-order valence-corrected chi connectivity index (χ1v) is 4.24. The quantitative estimate of drug-likeness (QED) is 0.730. The predicted molar refractivity (Wildman–Crippen MR) is 49.7 cm³/mol. The van der Waals surface area contributed by atoms with Crippen LogP contribution in [0.2, 0.25) is 5.02 Å². The standard InChI is InChI=1S/C9H9ClN2O/c1-6(2)13-9-8(10)7(5-11)3-4-12-9/h3-4,6H,1-2H3. The van der Waals surface area contributed by atoms with Gasteiger partial charge in [0.25, 0.3) is 0 Å². The molecule has 0 saturated carbocycles. The average Bonchev–Trinajstić information content (AvgIpc) is 2.08. The van der Waals surface area contributed by atoms with E-state index in [1.54, 1.807) is 6.07 Å². The van der Waals surface area contributed by atoms with Gasteiger partial charge in [0.2, 0.25) is 5.88 Å². The number of nitriles is 1. The Bertz CT molecular complexity index is 344. The molecule has 0 bridgehead atoms. The largest absolute Gasteiger partial charge is 0.474 e. The van der Waals surface area contributed by atoms with Crippen molar-refractivity contribution in [2.24, 2.45) is 0 Å². The summed E-state index contributed by atoms with van der Waals surface area (Å²) in [5, 5.41) is 8.94. The molecule has 1 rings (SSSR count). The highest BCUT2D eigenvalue weighted by Gasteiger charge is 2.09. The molecule has 0 aliphatic carbocycles. The van der Waals surface area contributed by atoms with Gasteiger partial charge in [-0.2, -0.15) is 5.26 Å². The van der Waals surface area contributed by atoms with Crippen molar-refractivity contribution >= 4 is 11.6 Å². The molecule has 0 amide bonds. The van der Waals surface area contributed by atoms with Gasteiger partial charge in [0.15, 0.2) is 0 Å². The minimum atomic E-state index is -0.000979. The number of hydrogen-bond acceptors (Lipinski definition) is 3. The molecule has 0 spiro atoms. The maximum atomic E-state index is 8.66. The Kier molecular flexibility index (Phi) is 3.10. The number of aromatic nitrogens is 1. The highest BCUT2D eigenvalue weighted by atomic mass is 35.5. The molecule has 68 valence electrons. The van der Waals surface area contributed by atoms with E-state index in [0.717, 1.165) is 0 Å².